The van der Waals surface area contributed by atoms with E-state index < -0.39 is 11.5 Å². The van der Waals surface area contributed by atoms with Gasteiger partial charge in [-0.05, 0) is 50.2 Å². The van der Waals surface area contributed by atoms with Crippen molar-refractivity contribution in [2.24, 2.45) is 0 Å². The molecule has 0 aliphatic heterocycles. The van der Waals surface area contributed by atoms with E-state index in [1.54, 1.807) is 60.8 Å². The van der Waals surface area contributed by atoms with Gasteiger partial charge in [-0.1, -0.05) is 18.2 Å². The number of esters is 1. The summed E-state index contributed by atoms with van der Waals surface area (Å²) in [6.07, 6.45) is 0. The molecule has 0 atom stereocenters. The third kappa shape index (κ3) is 4.49. The molecule has 1 N–H and O–H groups in total. The second-order valence-electron chi connectivity index (χ2n) is 6.89. The molecule has 1 amide bonds. The standard InChI is InChI=1S/C24H21N3O5S/c1-3-31-17-12-10-16(11-13-17)27-23(29)19-18(20(26-27)24(30)32-4-2)14-33-22(19)25-21(28)15-8-6-5-7-9-15/h5-14H,3-4H2,1-2H3,(H,25,28). The number of ether oxygens (including phenoxy) is 2. The minimum Gasteiger partial charge on any atom is -0.494 e. The zero-order chi connectivity index (χ0) is 23.4. The van der Waals surface area contributed by atoms with E-state index in [0.717, 1.165) is 16.0 Å². The van der Waals surface area contributed by atoms with E-state index in [-0.39, 0.29) is 23.6 Å². The molecule has 0 fully saturated rings. The van der Waals surface area contributed by atoms with E-state index in [1.807, 2.05) is 13.0 Å². The molecular weight excluding hydrogens is 442 g/mol. The van der Waals surface area contributed by atoms with Crippen LogP contribution in [0.4, 0.5) is 5.00 Å². The van der Waals surface area contributed by atoms with E-state index in [4.69, 9.17) is 9.47 Å². The van der Waals surface area contributed by atoms with Gasteiger partial charge in [0.1, 0.15) is 10.8 Å². The van der Waals surface area contributed by atoms with Crippen molar-refractivity contribution in [3.8, 4) is 11.4 Å². The molecule has 33 heavy (non-hydrogen) atoms. The summed E-state index contributed by atoms with van der Waals surface area (Å²) in [5.74, 6) is -0.367. The number of hydrogen-bond donors (Lipinski definition) is 1. The quantitative estimate of drug-likeness (QED) is 0.411. The maximum absolute atomic E-state index is 13.4. The Kier molecular flexibility index (Phi) is 6.50. The molecule has 2 aromatic heterocycles. The minimum absolute atomic E-state index is 0.00297. The normalized spacial score (nSPS) is 10.7. The molecule has 0 aliphatic rings. The Morgan fingerprint density at radius 1 is 1.03 bits per heavy atom. The number of thiophene rings is 1. The first-order chi connectivity index (χ1) is 16.0. The Morgan fingerprint density at radius 3 is 2.42 bits per heavy atom. The van der Waals surface area contributed by atoms with Gasteiger partial charge in [-0.25, -0.2) is 4.79 Å². The van der Waals surface area contributed by atoms with Crippen molar-refractivity contribution in [2.75, 3.05) is 18.5 Å². The number of amides is 1. The molecule has 0 saturated carbocycles. The first-order valence-corrected chi connectivity index (χ1v) is 11.2. The number of anilines is 1. The number of rotatable bonds is 7. The van der Waals surface area contributed by atoms with Crippen molar-refractivity contribution in [1.29, 1.82) is 0 Å². The average molecular weight is 464 g/mol. The molecule has 0 bridgehead atoms. The number of nitrogens with one attached hydrogen (secondary N) is 1. The Labute approximate surface area is 193 Å². The van der Waals surface area contributed by atoms with Crippen LogP contribution in [-0.2, 0) is 4.74 Å². The van der Waals surface area contributed by atoms with Gasteiger partial charge >= 0.3 is 5.97 Å². The summed E-state index contributed by atoms with van der Waals surface area (Å²) in [5, 5.41) is 9.56. The number of fused-ring (bicyclic) bond motifs is 1. The van der Waals surface area contributed by atoms with E-state index in [9.17, 15) is 14.4 Å². The zero-order valence-corrected chi connectivity index (χ0v) is 18.8. The lowest BCUT2D eigenvalue weighted by Gasteiger charge is -2.11. The Balaban J connectivity index is 1.85. The van der Waals surface area contributed by atoms with E-state index in [2.05, 4.69) is 10.4 Å². The van der Waals surface area contributed by atoms with Crippen molar-refractivity contribution < 1.29 is 19.1 Å². The highest BCUT2D eigenvalue weighted by molar-refractivity contribution is 7.16. The maximum Gasteiger partial charge on any atom is 0.359 e. The van der Waals surface area contributed by atoms with Gasteiger partial charge in [-0.3, -0.25) is 9.59 Å². The summed E-state index contributed by atoms with van der Waals surface area (Å²) in [4.78, 5) is 38.8. The summed E-state index contributed by atoms with van der Waals surface area (Å²) in [7, 11) is 0. The monoisotopic (exact) mass is 463 g/mol. The molecule has 8 nitrogen and oxygen atoms in total. The largest absolute Gasteiger partial charge is 0.494 e. The molecule has 0 spiro atoms. The highest BCUT2D eigenvalue weighted by Crippen LogP contribution is 2.31. The molecular formula is C24H21N3O5S. The van der Waals surface area contributed by atoms with E-state index >= 15 is 0 Å². The molecule has 2 heterocycles. The number of carbonyl (C=O) groups excluding carboxylic acids is 2. The lowest BCUT2D eigenvalue weighted by atomic mass is 10.2. The minimum atomic E-state index is -0.652. The van der Waals surface area contributed by atoms with Gasteiger partial charge in [0.25, 0.3) is 11.5 Å². The summed E-state index contributed by atoms with van der Waals surface area (Å²) in [6.45, 7) is 4.24. The number of hydrogen-bond acceptors (Lipinski definition) is 7. The first-order valence-electron chi connectivity index (χ1n) is 10.3. The Hall–Kier alpha value is -3.98. The Bertz CT molecular complexity index is 1360. The fourth-order valence-electron chi connectivity index (χ4n) is 3.28. The van der Waals surface area contributed by atoms with Crippen molar-refractivity contribution in [1.82, 2.24) is 9.78 Å². The SMILES string of the molecule is CCOC(=O)c1nn(-c2ccc(OCC)cc2)c(=O)c2c(NC(=O)c3ccccc3)scc12. The number of carbonyl (C=O) groups is 2. The molecule has 2 aromatic carbocycles. The summed E-state index contributed by atoms with van der Waals surface area (Å²) < 4.78 is 11.7. The molecule has 0 saturated heterocycles. The molecule has 0 radical (unpaired) electrons. The van der Waals surface area contributed by atoms with Crippen LogP contribution in [0.5, 0.6) is 5.75 Å². The van der Waals surface area contributed by atoms with Gasteiger partial charge in [0, 0.05) is 16.3 Å². The number of nitrogens with zero attached hydrogens (tertiary/aromatic N) is 2. The van der Waals surface area contributed by atoms with Crippen LogP contribution in [0.15, 0.2) is 64.8 Å². The Morgan fingerprint density at radius 2 is 1.76 bits per heavy atom. The van der Waals surface area contributed by atoms with Gasteiger partial charge in [0.05, 0.1) is 24.3 Å². The molecule has 9 heteroatoms. The fraction of sp³-hybridized carbons (Fsp3) is 0.167. The van der Waals surface area contributed by atoms with E-state index in [0.29, 0.717) is 34.0 Å². The van der Waals surface area contributed by atoms with Gasteiger partial charge in [-0.2, -0.15) is 9.78 Å². The van der Waals surface area contributed by atoms with Crippen LogP contribution in [0.25, 0.3) is 16.5 Å². The third-order valence-electron chi connectivity index (χ3n) is 4.78. The van der Waals surface area contributed by atoms with Gasteiger partial charge in [-0.15, -0.1) is 11.3 Å². The number of aromatic nitrogens is 2. The van der Waals surface area contributed by atoms with Crippen LogP contribution < -0.4 is 15.6 Å². The van der Waals surface area contributed by atoms with Gasteiger partial charge < -0.3 is 14.8 Å². The topological polar surface area (TPSA) is 99.5 Å². The summed E-state index contributed by atoms with van der Waals surface area (Å²) in [5.41, 5.74) is 0.427. The zero-order valence-electron chi connectivity index (χ0n) is 18.0. The van der Waals surface area contributed by atoms with Crippen molar-refractivity contribution in [2.45, 2.75) is 13.8 Å². The molecule has 168 valence electrons. The van der Waals surface area contributed by atoms with Crippen LogP contribution in [-0.4, -0.2) is 34.9 Å². The van der Waals surface area contributed by atoms with Crippen LogP contribution in [0.3, 0.4) is 0 Å². The average Bonchev–Trinajstić information content (AvgIpc) is 3.25. The lowest BCUT2D eigenvalue weighted by molar-refractivity contribution is 0.0520. The van der Waals surface area contributed by atoms with Crippen molar-refractivity contribution in [3.05, 3.63) is 81.6 Å². The van der Waals surface area contributed by atoms with Crippen LogP contribution in [0, 0.1) is 0 Å². The predicted molar refractivity (Wildman–Crippen MR) is 127 cm³/mol. The van der Waals surface area contributed by atoms with Crippen LogP contribution in [0.1, 0.15) is 34.7 Å². The smallest absolute Gasteiger partial charge is 0.359 e. The molecule has 4 aromatic rings. The number of benzene rings is 2. The lowest BCUT2D eigenvalue weighted by Crippen LogP contribution is -2.25. The summed E-state index contributed by atoms with van der Waals surface area (Å²) >= 11 is 1.15. The first kappa shape index (κ1) is 22.2. The fourth-order valence-corrected chi connectivity index (χ4v) is 4.21. The van der Waals surface area contributed by atoms with Crippen LogP contribution >= 0.6 is 11.3 Å². The predicted octanol–water partition coefficient (Wildman–Crippen LogP) is 4.27. The highest BCUT2D eigenvalue weighted by Gasteiger charge is 2.23. The maximum atomic E-state index is 13.4. The van der Waals surface area contributed by atoms with Crippen LogP contribution in [0.2, 0.25) is 0 Å². The van der Waals surface area contributed by atoms with Crippen molar-refractivity contribution >= 4 is 39.0 Å². The highest BCUT2D eigenvalue weighted by atomic mass is 32.1. The second kappa shape index (κ2) is 9.66. The van der Waals surface area contributed by atoms with Crippen molar-refractivity contribution in [3.63, 3.8) is 0 Å². The summed E-state index contributed by atoms with van der Waals surface area (Å²) in [6, 6.07) is 15.4. The second-order valence-corrected chi connectivity index (χ2v) is 7.77. The van der Waals surface area contributed by atoms with Gasteiger partial charge in [0.2, 0.25) is 0 Å². The van der Waals surface area contributed by atoms with E-state index in [1.165, 1.54) is 0 Å². The molecule has 0 aliphatic carbocycles. The third-order valence-corrected chi connectivity index (χ3v) is 5.67. The van der Waals surface area contributed by atoms with Gasteiger partial charge in [0.15, 0.2) is 5.69 Å². The molecule has 0 unspecified atom stereocenters. The molecule has 4 rings (SSSR count).